The second-order valence-corrected chi connectivity index (χ2v) is 6.29. The van der Waals surface area contributed by atoms with Crippen LogP contribution in [0.3, 0.4) is 0 Å². The Labute approximate surface area is 156 Å². The van der Waals surface area contributed by atoms with Gasteiger partial charge in [0.1, 0.15) is 5.76 Å². The van der Waals surface area contributed by atoms with E-state index >= 15 is 0 Å². The molecule has 0 aliphatic carbocycles. The number of carbonyl (C=O) groups excluding carboxylic acids is 1. The van der Waals surface area contributed by atoms with Crippen LogP contribution >= 0.6 is 0 Å². The van der Waals surface area contributed by atoms with Crippen molar-refractivity contribution in [2.75, 3.05) is 0 Å². The van der Waals surface area contributed by atoms with Crippen LogP contribution in [0.25, 0.3) is 34.0 Å². The average molecular weight is 354 g/mol. The molecule has 0 saturated heterocycles. The molecule has 4 aromatic rings. The summed E-state index contributed by atoms with van der Waals surface area (Å²) in [6.45, 7) is 0. The van der Waals surface area contributed by atoms with Crippen molar-refractivity contribution in [1.82, 2.24) is 9.97 Å². The lowest BCUT2D eigenvalue weighted by Gasteiger charge is -1.95. The molecule has 27 heavy (non-hydrogen) atoms. The molecule has 0 aliphatic heterocycles. The maximum Gasteiger partial charge on any atom is 0.182 e. The van der Waals surface area contributed by atoms with Gasteiger partial charge < -0.3 is 15.1 Å². The van der Waals surface area contributed by atoms with E-state index in [9.17, 15) is 9.90 Å². The molecule has 2 heterocycles. The smallest absolute Gasteiger partial charge is 0.182 e. The molecule has 132 valence electrons. The molecule has 2 aromatic heterocycles. The van der Waals surface area contributed by atoms with Crippen LogP contribution in [-0.4, -0.2) is 20.9 Å². The largest absolute Gasteiger partial charge is 0.508 e. The van der Waals surface area contributed by atoms with Gasteiger partial charge in [-0.3, -0.25) is 4.79 Å². The number of ketones is 1. The predicted octanol–water partition coefficient (Wildman–Crippen LogP) is 5.39. The van der Waals surface area contributed by atoms with E-state index in [0.717, 1.165) is 32.9 Å². The highest BCUT2D eigenvalue weighted by Crippen LogP contribution is 2.16. The van der Waals surface area contributed by atoms with E-state index in [1.807, 2.05) is 60.9 Å². The molecule has 2 aromatic carbocycles. The molecule has 0 fully saturated rings. The first-order chi connectivity index (χ1) is 13.2. The zero-order valence-electron chi connectivity index (χ0n) is 14.5. The maximum absolute atomic E-state index is 12.0. The van der Waals surface area contributed by atoms with Crippen LogP contribution in [0.2, 0.25) is 0 Å². The van der Waals surface area contributed by atoms with Crippen molar-refractivity contribution in [1.29, 1.82) is 0 Å². The summed E-state index contributed by atoms with van der Waals surface area (Å²) >= 11 is 0. The van der Waals surface area contributed by atoms with E-state index in [4.69, 9.17) is 0 Å². The molecule has 0 aliphatic rings. The van der Waals surface area contributed by atoms with Gasteiger partial charge in [0, 0.05) is 29.5 Å². The Balaban J connectivity index is 1.43. The number of fused-ring (bicyclic) bond motifs is 2. The van der Waals surface area contributed by atoms with Crippen LogP contribution in [0, 0.1) is 0 Å². The first-order valence-corrected chi connectivity index (χ1v) is 8.62. The van der Waals surface area contributed by atoms with Crippen LogP contribution in [0.5, 0.6) is 0 Å². The molecular formula is C23H18N2O2. The summed E-state index contributed by atoms with van der Waals surface area (Å²) in [5.74, 6) is -0.354. The Morgan fingerprint density at radius 1 is 0.778 bits per heavy atom. The lowest BCUT2D eigenvalue weighted by Crippen LogP contribution is -1.88. The number of nitrogens with one attached hydrogen (secondary N) is 2. The number of aromatic amines is 2. The number of aromatic nitrogens is 2. The highest BCUT2D eigenvalue weighted by atomic mass is 16.3. The quantitative estimate of drug-likeness (QED) is 0.256. The highest BCUT2D eigenvalue weighted by molar-refractivity contribution is 6.02. The fourth-order valence-corrected chi connectivity index (χ4v) is 2.95. The molecule has 0 atom stereocenters. The summed E-state index contributed by atoms with van der Waals surface area (Å²) in [5.41, 5.74) is 3.99. The van der Waals surface area contributed by atoms with E-state index in [2.05, 4.69) is 9.97 Å². The molecule has 0 radical (unpaired) electrons. The number of H-pyrrole nitrogens is 2. The minimum atomic E-state index is -0.271. The standard InChI is InChI=1S/C23H18N2O2/c26-20(5-1-16-3-7-22-18(13-16)9-11-24-22)15-21(27)6-2-17-4-8-23-19(14-17)10-12-25-23/h1-15,24-26H/b5-1+,6-2+,20-15?. The van der Waals surface area contributed by atoms with Gasteiger partial charge in [0.05, 0.1) is 0 Å². The van der Waals surface area contributed by atoms with Gasteiger partial charge in [-0.25, -0.2) is 0 Å². The van der Waals surface area contributed by atoms with Crippen LogP contribution in [-0.2, 0) is 4.79 Å². The second-order valence-electron chi connectivity index (χ2n) is 6.29. The average Bonchev–Trinajstić information content (AvgIpc) is 3.32. The van der Waals surface area contributed by atoms with Gasteiger partial charge in [-0.05, 0) is 70.4 Å². The SMILES string of the molecule is O=C(C=C(O)/C=C/c1ccc2[nH]ccc2c1)/C=C/c1ccc2[nH]ccc2c1. The van der Waals surface area contributed by atoms with Gasteiger partial charge >= 0.3 is 0 Å². The number of aliphatic hydroxyl groups excluding tert-OH is 1. The Bertz CT molecular complexity index is 1210. The number of allylic oxidation sites excluding steroid dienone is 3. The minimum Gasteiger partial charge on any atom is -0.508 e. The summed E-state index contributed by atoms with van der Waals surface area (Å²) in [5, 5.41) is 12.2. The van der Waals surface area contributed by atoms with Crippen LogP contribution in [0.1, 0.15) is 11.1 Å². The zero-order chi connectivity index (χ0) is 18.6. The van der Waals surface area contributed by atoms with E-state index in [-0.39, 0.29) is 11.5 Å². The topological polar surface area (TPSA) is 68.9 Å². The Morgan fingerprint density at radius 3 is 1.93 bits per heavy atom. The number of benzene rings is 2. The lowest BCUT2D eigenvalue weighted by atomic mass is 10.1. The van der Waals surface area contributed by atoms with Gasteiger partial charge in [0.15, 0.2) is 5.78 Å². The third-order valence-electron chi connectivity index (χ3n) is 4.33. The monoisotopic (exact) mass is 354 g/mol. The summed E-state index contributed by atoms with van der Waals surface area (Å²) in [6.07, 6.45) is 11.4. The van der Waals surface area contributed by atoms with Crippen molar-refractivity contribution in [2.24, 2.45) is 0 Å². The molecule has 0 spiro atoms. The summed E-state index contributed by atoms with van der Waals surface area (Å²) in [6, 6.07) is 15.8. The Kier molecular flexibility index (Phi) is 4.45. The molecule has 4 heteroatoms. The fraction of sp³-hybridized carbons (Fsp3) is 0. The van der Waals surface area contributed by atoms with Crippen molar-refractivity contribution in [3.8, 4) is 0 Å². The molecule has 4 rings (SSSR count). The summed E-state index contributed by atoms with van der Waals surface area (Å²) in [7, 11) is 0. The lowest BCUT2D eigenvalue weighted by molar-refractivity contribution is -0.110. The van der Waals surface area contributed by atoms with Crippen molar-refractivity contribution in [3.63, 3.8) is 0 Å². The van der Waals surface area contributed by atoms with Crippen molar-refractivity contribution >= 4 is 39.7 Å². The first-order valence-electron chi connectivity index (χ1n) is 8.62. The van der Waals surface area contributed by atoms with Crippen molar-refractivity contribution < 1.29 is 9.90 Å². The highest BCUT2D eigenvalue weighted by Gasteiger charge is 1.98. The zero-order valence-corrected chi connectivity index (χ0v) is 14.5. The van der Waals surface area contributed by atoms with Crippen LogP contribution < -0.4 is 0 Å². The normalized spacial score (nSPS) is 12.7. The molecule has 0 amide bonds. The number of aliphatic hydroxyl groups is 1. The third-order valence-corrected chi connectivity index (χ3v) is 4.33. The van der Waals surface area contributed by atoms with Crippen LogP contribution in [0.4, 0.5) is 0 Å². The molecule has 0 saturated carbocycles. The molecule has 0 bridgehead atoms. The third kappa shape index (κ3) is 3.90. The minimum absolute atomic E-state index is 0.0834. The Hall–Kier alpha value is -3.79. The van der Waals surface area contributed by atoms with Gasteiger partial charge in [0.2, 0.25) is 0 Å². The molecule has 0 unspecified atom stereocenters. The molecular weight excluding hydrogens is 336 g/mol. The van der Waals surface area contributed by atoms with Crippen molar-refractivity contribution in [2.45, 2.75) is 0 Å². The second kappa shape index (κ2) is 7.22. The van der Waals surface area contributed by atoms with E-state index < -0.39 is 0 Å². The number of hydrogen-bond acceptors (Lipinski definition) is 2. The van der Waals surface area contributed by atoms with Gasteiger partial charge in [-0.1, -0.05) is 24.3 Å². The number of hydrogen-bond donors (Lipinski definition) is 3. The fourth-order valence-electron chi connectivity index (χ4n) is 2.95. The predicted molar refractivity (Wildman–Crippen MR) is 110 cm³/mol. The first kappa shape index (κ1) is 16.7. The van der Waals surface area contributed by atoms with Gasteiger partial charge in [-0.15, -0.1) is 0 Å². The number of carbonyl (C=O) groups is 1. The van der Waals surface area contributed by atoms with E-state index in [1.165, 1.54) is 18.2 Å². The van der Waals surface area contributed by atoms with E-state index in [1.54, 1.807) is 12.2 Å². The number of rotatable bonds is 5. The van der Waals surface area contributed by atoms with Crippen LogP contribution in [0.15, 0.2) is 84.9 Å². The van der Waals surface area contributed by atoms with Gasteiger partial charge in [-0.2, -0.15) is 0 Å². The molecule has 3 N–H and O–H groups in total. The van der Waals surface area contributed by atoms with E-state index in [0.29, 0.717) is 0 Å². The van der Waals surface area contributed by atoms with Gasteiger partial charge in [0.25, 0.3) is 0 Å². The summed E-state index contributed by atoms with van der Waals surface area (Å²) < 4.78 is 0. The maximum atomic E-state index is 12.0. The summed E-state index contributed by atoms with van der Waals surface area (Å²) in [4.78, 5) is 18.3. The van der Waals surface area contributed by atoms with Crippen molar-refractivity contribution in [3.05, 3.63) is 96.0 Å². The molecule has 4 nitrogen and oxygen atoms in total. The Morgan fingerprint density at radius 2 is 1.33 bits per heavy atom.